The number of carbonyl (C=O) groups excluding carboxylic acids is 3. The molecule has 0 radical (unpaired) electrons. The van der Waals surface area contributed by atoms with Gasteiger partial charge in [0.05, 0.1) is 28.4 Å². The lowest BCUT2D eigenvalue weighted by molar-refractivity contribution is -0.140. The van der Waals surface area contributed by atoms with Crippen molar-refractivity contribution in [1.82, 2.24) is 0 Å². The van der Waals surface area contributed by atoms with Crippen molar-refractivity contribution >= 4 is 30.2 Å². The number of carbonyl (C=O) groups is 3. The number of esters is 2. The number of hydrogen-bond donors (Lipinski definition) is 0. The molecule has 0 aromatic heterocycles. The molecule has 32 heavy (non-hydrogen) atoms. The van der Waals surface area contributed by atoms with Crippen LogP contribution in [0, 0.1) is 0 Å². The molecule has 0 amide bonds. The Morgan fingerprint density at radius 3 is 1.31 bits per heavy atom. The molecule has 0 aliphatic carbocycles. The van der Waals surface area contributed by atoms with Crippen molar-refractivity contribution in [2.24, 2.45) is 0 Å². The van der Waals surface area contributed by atoms with Gasteiger partial charge >= 0.3 is 18.1 Å². The Morgan fingerprint density at radius 1 is 0.594 bits per heavy atom. The van der Waals surface area contributed by atoms with Crippen LogP contribution >= 0.6 is 0 Å². The predicted octanol–water partition coefficient (Wildman–Crippen LogP) is 3.65. The first-order valence-electron chi connectivity index (χ1n) is 9.18. The van der Waals surface area contributed by atoms with Gasteiger partial charge in [0.1, 0.15) is 0 Å². The monoisotopic (exact) mass is 442 g/mol. The zero-order valence-corrected chi connectivity index (χ0v) is 17.9. The van der Waals surface area contributed by atoms with Crippen LogP contribution in [-0.2, 0) is 19.1 Å². The normalized spacial score (nSPS) is 10.6. The molecule has 0 heterocycles. The molecule has 2 rings (SSSR count). The van der Waals surface area contributed by atoms with Crippen LogP contribution in [-0.4, -0.2) is 46.5 Å². The summed E-state index contributed by atoms with van der Waals surface area (Å²) in [6, 6.07) is 9.91. The van der Waals surface area contributed by atoms with Crippen molar-refractivity contribution in [2.45, 2.75) is 0 Å². The lowest BCUT2D eigenvalue weighted by Crippen LogP contribution is -2.15. The van der Waals surface area contributed by atoms with Gasteiger partial charge in [-0.05, 0) is 47.5 Å². The van der Waals surface area contributed by atoms with Gasteiger partial charge in [0.2, 0.25) is 0 Å². The molecule has 0 aliphatic rings. The quantitative estimate of drug-likeness (QED) is 0.344. The summed E-state index contributed by atoms with van der Waals surface area (Å²) in [5.41, 5.74) is 1.20. The van der Waals surface area contributed by atoms with Gasteiger partial charge in [0.25, 0.3) is 0 Å². The van der Waals surface area contributed by atoms with Gasteiger partial charge in [-0.15, -0.1) is 0 Å². The molecule has 0 saturated heterocycles. The summed E-state index contributed by atoms with van der Waals surface area (Å²) in [7, 11) is 5.96. The van der Waals surface area contributed by atoms with Crippen LogP contribution in [0.15, 0.2) is 48.6 Å². The van der Waals surface area contributed by atoms with Gasteiger partial charge in [-0.25, -0.2) is 14.4 Å². The number of hydrogen-bond acceptors (Lipinski definition) is 9. The molecule has 168 valence electrons. The minimum absolute atomic E-state index is 0.467. The van der Waals surface area contributed by atoms with E-state index in [0.717, 1.165) is 12.2 Å². The average Bonchev–Trinajstić information content (AvgIpc) is 2.80. The fourth-order valence-corrected chi connectivity index (χ4v) is 2.49. The van der Waals surface area contributed by atoms with Gasteiger partial charge in [-0.2, -0.15) is 0 Å². The van der Waals surface area contributed by atoms with Crippen molar-refractivity contribution in [3.63, 3.8) is 0 Å². The first-order valence-corrected chi connectivity index (χ1v) is 9.18. The molecule has 0 aliphatic heterocycles. The van der Waals surface area contributed by atoms with Gasteiger partial charge in [0.15, 0.2) is 23.0 Å². The summed E-state index contributed by atoms with van der Waals surface area (Å²) in [5, 5.41) is 0. The van der Waals surface area contributed by atoms with Crippen molar-refractivity contribution in [2.75, 3.05) is 28.4 Å². The molecule has 0 N–H and O–H groups in total. The summed E-state index contributed by atoms with van der Waals surface area (Å²) in [6.07, 6.45) is 3.36. The van der Waals surface area contributed by atoms with Crippen LogP contribution < -0.4 is 18.9 Å². The molecule has 0 atom stereocenters. The Balaban J connectivity index is 1.90. The topological polar surface area (TPSA) is 107 Å². The molecular weight excluding hydrogens is 420 g/mol. The van der Waals surface area contributed by atoms with E-state index in [0.29, 0.717) is 34.1 Å². The largest absolute Gasteiger partial charge is 0.524 e. The van der Waals surface area contributed by atoms with E-state index in [4.69, 9.17) is 18.9 Å². The van der Waals surface area contributed by atoms with Gasteiger partial charge in [-0.3, -0.25) is 0 Å². The smallest absolute Gasteiger partial charge is 0.493 e. The summed E-state index contributed by atoms with van der Waals surface area (Å²) < 4.78 is 29.4. The highest BCUT2D eigenvalue weighted by molar-refractivity contribution is 5.98. The van der Waals surface area contributed by atoms with Crippen LogP contribution in [0.1, 0.15) is 11.1 Å². The van der Waals surface area contributed by atoms with Crippen molar-refractivity contribution in [3.05, 3.63) is 59.7 Å². The van der Waals surface area contributed by atoms with Crippen LogP contribution in [0.4, 0.5) is 4.79 Å². The van der Waals surface area contributed by atoms with Crippen molar-refractivity contribution in [1.29, 1.82) is 0 Å². The van der Waals surface area contributed by atoms with Crippen molar-refractivity contribution < 1.29 is 42.8 Å². The van der Waals surface area contributed by atoms with Gasteiger partial charge < -0.3 is 28.4 Å². The van der Waals surface area contributed by atoms with Crippen LogP contribution in [0.25, 0.3) is 12.2 Å². The fraction of sp³-hybridized carbons (Fsp3) is 0.174. The van der Waals surface area contributed by atoms with E-state index in [1.165, 1.54) is 40.6 Å². The molecule has 0 spiro atoms. The third-order valence-electron chi connectivity index (χ3n) is 4.01. The van der Waals surface area contributed by atoms with E-state index in [1.54, 1.807) is 36.4 Å². The van der Waals surface area contributed by atoms with Crippen LogP contribution in [0.3, 0.4) is 0 Å². The van der Waals surface area contributed by atoms with E-state index < -0.39 is 18.1 Å². The summed E-state index contributed by atoms with van der Waals surface area (Å²) in [5.74, 6) is -0.0441. The Bertz CT molecular complexity index is 956. The van der Waals surface area contributed by atoms with Crippen molar-refractivity contribution in [3.8, 4) is 23.0 Å². The molecular formula is C23H22O9. The SMILES string of the molecule is COc1ccc(/C=C\C(=O)OC(=O)OC(=O)/C=C\c2ccc(OC)c(OC)c2)cc1OC. The first-order chi connectivity index (χ1) is 15.4. The second-order valence-electron chi connectivity index (χ2n) is 5.99. The molecule has 0 saturated carbocycles. The Kier molecular flexibility index (Phi) is 8.85. The fourth-order valence-electron chi connectivity index (χ4n) is 2.49. The highest BCUT2D eigenvalue weighted by atomic mass is 16.8. The molecule has 0 fully saturated rings. The van der Waals surface area contributed by atoms with Crippen LogP contribution in [0.2, 0.25) is 0 Å². The van der Waals surface area contributed by atoms with E-state index in [9.17, 15) is 14.4 Å². The lowest BCUT2D eigenvalue weighted by atomic mass is 10.2. The highest BCUT2D eigenvalue weighted by Gasteiger charge is 2.13. The number of rotatable bonds is 8. The first kappa shape index (κ1) is 24.0. The average molecular weight is 442 g/mol. The molecule has 2 aromatic rings. The molecule has 2 aromatic carbocycles. The molecule has 9 heteroatoms. The summed E-state index contributed by atoms with van der Waals surface area (Å²) in [4.78, 5) is 35.2. The molecule has 0 bridgehead atoms. The van der Waals surface area contributed by atoms with Crippen LogP contribution in [0.5, 0.6) is 23.0 Å². The molecule has 0 unspecified atom stereocenters. The Morgan fingerprint density at radius 2 is 0.969 bits per heavy atom. The highest BCUT2D eigenvalue weighted by Crippen LogP contribution is 2.28. The third kappa shape index (κ3) is 6.91. The number of ether oxygens (including phenoxy) is 6. The number of methoxy groups -OCH3 is 4. The maximum Gasteiger partial charge on any atom is 0.524 e. The number of benzene rings is 2. The maximum absolute atomic E-state index is 11.8. The standard InChI is InChI=1S/C23H22O9/c1-27-17-9-5-15(13-19(17)29-3)7-11-21(24)31-23(26)32-22(25)12-8-16-6-10-18(28-2)20(14-16)30-4/h5-14H,1-4H3/b11-7-,12-8-. The third-order valence-corrected chi connectivity index (χ3v) is 4.01. The maximum atomic E-state index is 11.8. The zero-order valence-electron chi connectivity index (χ0n) is 17.9. The Hall–Kier alpha value is -4.27. The van der Waals surface area contributed by atoms with Gasteiger partial charge in [0, 0.05) is 12.2 Å². The minimum atomic E-state index is -1.45. The summed E-state index contributed by atoms with van der Waals surface area (Å²) in [6.45, 7) is 0. The Labute approximate surface area is 184 Å². The molecule has 9 nitrogen and oxygen atoms in total. The second kappa shape index (κ2) is 11.8. The van der Waals surface area contributed by atoms with E-state index in [1.807, 2.05) is 0 Å². The lowest BCUT2D eigenvalue weighted by Gasteiger charge is -2.07. The minimum Gasteiger partial charge on any atom is -0.493 e. The summed E-state index contributed by atoms with van der Waals surface area (Å²) >= 11 is 0. The van der Waals surface area contributed by atoms with E-state index in [2.05, 4.69) is 9.47 Å². The zero-order chi connectivity index (χ0) is 23.5. The van der Waals surface area contributed by atoms with E-state index in [-0.39, 0.29) is 0 Å². The van der Waals surface area contributed by atoms with Gasteiger partial charge in [-0.1, -0.05) is 12.1 Å². The van der Waals surface area contributed by atoms with E-state index >= 15 is 0 Å². The second-order valence-corrected chi connectivity index (χ2v) is 5.99. The predicted molar refractivity (Wildman–Crippen MR) is 115 cm³/mol.